The van der Waals surface area contributed by atoms with Crippen LogP contribution in [0.4, 0.5) is 0 Å². The lowest BCUT2D eigenvalue weighted by molar-refractivity contribution is 1.05. The quantitative estimate of drug-likeness (QED) is 0.491. The van der Waals surface area contributed by atoms with E-state index < -0.39 is 0 Å². The van der Waals surface area contributed by atoms with Crippen LogP contribution in [0.1, 0.15) is 0 Å². The lowest BCUT2D eigenvalue weighted by Crippen LogP contribution is -1.94. The fourth-order valence-electron chi connectivity index (χ4n) is 2.59. The van der Waals surface area contributed by atoms with E-state index in [1.54, 1.807) is 0 Å². The molecule has 2 nitrogen and oxygen atoms in total. The predicted octanol–water partition coefficient (Wildman–Crippen LogP) is 4.18. The van der Waals surface area contributed by atoms with Gasteiger partial charge in [0, 0.05) is 23.2 Å². The minimum absolute atomic E-state index is 0.953. The van der Waals surface area contributed by atoms with E-state index >= 15 is 0 Å². The topological polar surface area (TPSA) is 17.8 Å². The van der Waals surface area contributed by atoms with Gasteiger partial charge in [-0.15, -0.1) is 0 Å². The van der Waals surface area contributed by atoms with Crippen LogP contribution < -0.4 is 0 Å². The molecule has 2 aromatic carbocycles. The molecule has 0 saturated carbocycles. The first kappa shape index (κ1) is 10.3. The average Bonchev–Trinajstić information content (AvgIpc) is 2.92. The predicted molar refractivity (Wildman–Crippen MR) is 78.6 cm³/mol. The maximum Gasteiger partial charge on any atom is 0.137 e. The zero-order chi connectivity index (χ0) is 12.7. The van der Waals surface area contributed by atoms with E-state index in [2.05, 4.69) is 58.2 Å². The molecule has 0 aliphatic rings. The molecule has 19 heavy (non-hydrogen) atoms. The summed E-state index contributed by atoms with van der Waals surface area (Å²) in [4.78, 5) is 4.44. The monoisotopic (exact) mass is 244 g/mol. The highest BCUT2D eigenvalue weighted by molar-refractivity contribution is 6.06. The lowest BCUT2D eigenvalue weighted by atomic mass is 10.1. The lowest BCUT2D eigenvalue weighted by Gasteiger charge is -2.07. The van der Waals surface area contributed by atoms with Crippen LogP contribution in [0.25, 0.3) is 27.5 Å². The van der Waals surface area contributed by atoms with Crippen LogP contribution in [0.15, 0.2) is 73.1 Å². The van der Waals surface area contributed by atoms with E-state index in [0.717, 1.165) is 5.82 Å². The van der Waals surface area contributed by atoms with Crippen LogP contribution in [-0.2, 0) is 0 Å². The van der Waals surface area contributed by atoms with Crippen molar-refractivity contribution in [2.75, 3.05) is 0 Å². The third-order valence-corrected chi connectivity index (χ3v) is 3.47. The summed E-state index contributed by atoms with van der Waals surface area (Å²) in [6, 6.07) is 20.9. The van der Waals surface area contributed by atoms with Gasteiger partial charge in [0.05, 0.1) is 5.52 Å². The Kier molecular flexibility index (Phi) is 2.15. The second-order valence-electron chi connectivity index (χ2n) is 4.60. The smallest absolute Gasteiger partial charge is 0.137 e. The summed E-state index contributed by atoms with van der Waals surface area (Å²) < 4.78 is 2.15. The standard InChI is InChI=1S/C17H12N2/c1-2-6-15-13(5-1)8-9-14-10-12-19(17(14)15)16-7-3-4-11-18-16/h1-12H. The number of hydrogen-bond donors (Lipinski definition) is 0. The summed E-state index contributed by atoms with van der Waals surface area (Å²) in [5.74, 6) is 0.953. The average molecular weight is 244 g/mol. The molecule has 2 aromatic heterocycles. The summed E-state index contributed by atoms with van der Waals surface area (Å²) >= 11 is 0. The molecule has 4 aromatic rings. The molecule has 2 heterocycles. The molecule has 4 rings (SSSR count). The number of hydrogen-bond acceptors (Lipinski definition) is 1. The number of fused-ring (bicyclic) bond motifs is 3. The minimum Gasteiger partial charge on any atom is -0.301 e. The van der Waals surface area contributed by atoms with E-state index in [-0.39, 0.29) is 0 Å². The molecular formula is C17H12N2. The van der Waals surface area contributed by atoms with Crippen molar-refractivity contribution in [3.05, 3.63) is 73.1 Å². The second kappa shape index (κ2) is 3.95. The largest absolute Gasteiger partial charge is 0.301 e. The van der Waals surface area contributed by atoms with Gasteiger partial charge >= 0.3 is 0 Å². The summed E-state index contributed by atoms with van der Waals surface area (Å²) in [7, 11) is 0. The molecule has 0 saturated heterocycles. The van der Waals surface area contributed by atoms with Gasteiger partial charge in [-0.2, -0.15) is 0 Å². The maximum atomic E-state index is 4.44. The summed E-state index contributed by atoms with van der Waals surface area (Å²) in [5.41, 5.74) is 1.22. The second-order valence-corrected chi connectivity index (χ2v) is 4.60. The Labute approximate surface area is 110 Å². The molecule has 0 spiro atoms. The molecular weight excluding hydrogens is 232 g/mol. The molecule has 0 N–H and O–H groups in total. The van der Waals surface area contributed by atoms with Gasteiger partial charge in [0.25, 0.3) is 0 Å². The molecule has 0 unspecified atom stereocenters. The Morgan fingerprint density at radius 3 is 2.47 bits per heavy atom. The summed E-state index contributed by atoms with van der Waals surface area (Å²) in [5, 5.41) is 3.76. The van der Waals surface area contributed by atoms with Gasteiger partial charge in [-0.25, -0.2) is 4.98 Å². The number of nitrogens with zero attached hydrogens (tertiary/aromatic N) is 2. The molecule has 0 amide bonds. The third kappa shape index (κ3) is 1.54. The molecule has 0 aliphatic heterocycles. The van der Waals surface area contributed by atoms with Gasteiger partial charge in [-0.1, -0.05) is 42.5 Å². The number of rotatable bonds is 1. The zero-order valence-electron chi connectivity index (χ0n) is 10.3. The Morgan fingerprint density at radius 1 is 0.737 bits per heavy atom. The van der Waals surface area contributed by atoms with Gasteiger partial charge in [-0.05, 0) is 23.6 Å². The number of pyridine rings is 1. The molecule has 0 bridgehead atoms. The van der Waals surface area contributed by atoms with Crippen LogP contribution in [0.2, 0.25) is 0 Å². The van der Waals surface area contributed by atoms with E-state index in [0.29, 0.717) is 0 Å². The number of benzene rings is 2. The first-order chi connectivity index (χ1) is 9.43. The Hall–Kier alpha value is -2.61. The van der Waals surface area contributed by atoms with Gasteiger partial charge in [0.2, 0.25) is 0 Å². The molecule has 90 valence electrons. The van der Waals surface area contributed by atoms with Crippen LogP contribution >= 0.6 is 0 Å². The van der Waals surface area contributed by atoms with Gasteiger partial charge < -0.3 is 4.57 Å². The van der Waals surface area contributed by atoms with Crippen molar-refractivity contribution in [3.63, 3.8) is 0 Å². The SMILES string of the molecule is c1ccc(-n2ccc3ccc4ccccc4c32)nc1. The minimum atomic E-state index is 0.953. The van der Waals surface area contributed by atoms with Crippen LogP contribution in [-0.4, -0.2) is 9.55 Å². The van der Waals surface area contributed by atoms with E-state index in [1.807, 2.05) is 24.4 Å². The fraction of sp³-hybridized carbons (Fsp3) is 0. The zero-order valence-corrected chi connectivity index (χ0v) is 10.3. The molecule has 2 heteroatoms. The molecule has 0 radical (unpaired) electrons. The first-order valence-electron chi connectivity index (χ1n) is 6.34. The highest BCUT2D eigenvalue weighted by Gasteiger charge is 2.07. The highest BCUT2D eigenvalue weighted by Crippen LogP contribution is 2.27. The van der Waals surface area contributed by atoms with Crippen LogP contribution in [0, 0.1) is 0 Å². The summed E-state index contributed by atoms with van der Waals surface area (Å²) in [6.07, 6.45) is 3.91. The summed E-state index contributed by atoms with van der Waals surface area (Å²) in [6.45, 7) is 0. The third-order valence-electron chi connectivity index (χ3n) is 3.47. The Balaban J connectivity index is 2.15. The first-order valence-corrected chi connectivity index (χ1v) is 6.34. The fourth-order valence-corrected chi connectivity index (χ4v) is 2.59. The van der Waals surface area contributed by atoms with Crippen molar-refractivity contribution in [2.24, 2.45) is 0 Å². The molecule has 0 atom stereocenters. The van der Waals surface area contributed by atoms with Gasteiger partial charge in [-0.3, -0.25) is 0 Å². The van der Waals surface area contributed by atoms with Crippen LogP contribution in [0.5, 0.6) is 0 Å². The van der Waals surface area contributed by atoms with Crippen molar-refractivity contribution in [1.82, 2.24) is 9.55 Å². The van der Waals surface area contributed by atoms with Crippen molar-refractivity contribution in [3.8, 4) is 5.82 Å². The Bertz CT molecular complexity index is 860. The Morgan fingerprint density at radius 2 is 1.58 bits per heavy atom. The van der Waals surface area contributed by atoms with Crippen molar-refractivity contribution >= 4 is 21.7 Å². The van der Waals surface area contributed by atoms with Crippen molar-refractivity contribution in [1.29, 1.82) is 0 Å². The van der Waals surface area contributed by atoms with Crippen LogP contribution in [0.3, 0.4) is 0 Å². The van der Waals surface area contributed by atoms with Crippen molar-refractivity contribution in [2.45, 2.75) is 0 Å². The number of aromatic nitrogens is 2. The highest BCUT2D eigenvalue weighted by atomic mass is 15.0. The van der Waals surface area contributed by atoms with E-state index in [1.165, 1.54) is 21.7 Å². The molecule has 0 fully saturated rings. The van der Waals surface area contributed by atoms with Gasteiger partial charge in [0.1, 0.15) is 5.82 Å². The van der Waals surface area contributed by atoms with E-state index in [4.69, 9.17) is 0 Å². The van der Waals surface area contributed by atoms with Gasteiger partial charge in [0.15, 0.2) is 0 Å². The maximum absolute atomic E-state index is 4.44. The normalized spacial score (nSPS) is 11.2. The van der Waals surface area contributed by atoms with E-state index in [9.17, 15) is 0 Å². The molecule has 0 aliphatic carbocycles. The van der Waals surface area contributed by atoms with Crippen molar-refractivity contribution < 1.29 is 0 Å².